The summed E-state index contributed by atoms with van der Waals surface area (Å²) >= 11 is 0. The van der Waals surface area contributed by atoms with Crippen LogP contribution in [-0.4, -0.2) is 16.1 Å². The number of halogens is 2. The summed E-state index contributed by atoms with van der Waals surface area (Å²) in [6, 6.07) is 1.23. The topological polar surface area (TPSA) is 76.2 Å². The van der Waals surface area contributed by atoms with Gasteiger partial charge in [0.05, 0.1) is 12.1 Å². The second kappa shape index (κ2) is 4.98. The highest BCUT2D eigenvalue weighted by Gasteiger charge is 2.18. The first-order chi connectivity index (χ1) is 7.45. The third-order valence-electron chi connectivity index (χ3n) is 2.20. The van der Waals surface area contributed by atoms with Crippen molar-refractivity contribution in [2.75, 3.05) is 0 Å². The Bertz CT molecular complexity index is 408. The van der Waals surface area contributed by atoms with Gasteiger partial charge in [0.25, 0.3) is 6.43 Å². The van der Waals surface area contributed by atoms with E-state index in [-0.39, 0.29) is 17.8 Å². The predicted octanol–water partition coefficient (Wildman–Crippen LogP) is 1.41. The first-order valence-corrected chi connectivity index (χ1v) is 4.65. The van der Waals surface area contributed by atoms with Gasteiger partial charge in [-0.25, -0.2) is 8.78 Å². The Labute approximate surface area is 91.1 Å². The standard InChI is InChI=1S/C10H12F2N2O2/c1-5-6(4-13)2-7(10(11)12)8(14-5)3-9(15)16/h2,10H,3-4,13H2,1H3,(H,15,16). The Kier molecular flexibility index (Phi) is 3.89. The van der Waals surface area contributed by atoms with Crippen molar-refractivity contribution in [1.82, 2.24) is 4.98 Å². The first kappa shape index (κ1) is 12.5. The van der Waals surface area contributed by atoms with Crippen LogP contribution in [-0.2, 0) is 17.8 Å². The van der Waals surface area contributed by atoms with Crippen LogP contribution in [0.3, 0.4) is 0 Å². The minimum Gasteiger partial charge on any atom is -0.481 e. The number of aryl methyl sites for hydroxylation is 1. The maximum absolute atomic E-state index is 12.7. The Morgan fingerprint density at radius 1 is 1.62 bits per heavy atom. The van der Waals surface area contributed by atoms with Crippen LogP contribution in [0.2, 0.25) is 0 Å². The van der Waals surface area contributed by atoms with E-state index >= 15 is 0 Å². The highest BCUT2D eigenvalue weighted by atomic mass is 19.3. The van der Waals surface area contributed by atoms with Gasteiger partial charge in [-0.1, -0.05) is 0 Å². The van der Waals surface area contributed by atoms with Crippen LogP contribution in [0.1, 0.15) is 28.9 Å². The van der Waals surface area contributed by atoms with Crippen molar-refractivity contribution < 1.29 is 18.7 Å². The number of carboxylic acids is 1. The molecule has 3 N–H and O–H groups in total. The Balaban J connectivity index is 3.24. The molecule has 1 rings (SSSR count). The number of hydrogen-bond acceptors (Lipinski definition) is 3. The van der Waals surface area contributed by atoms with E-state index in [1.54, 1.807) is 6.92 Å². The van der Waals surface area contributed by atoms with Crippen molar-refractivity contribution in [3.63, 3.8) is 0 Å². The van der Waals surface area contributed by atoms with E-state index in [0.29, 0.717) is 11.3 Å². The molecule has 0 aromatic carbocycles. The molecule has 0 spiro atoms. The molecule has 0 aliphatic rings. The molecule has 16 heavy (non-hydrogen) atoms. The maximum atomic E-state index is 12.7. The van der Waals surface area contributed by atoms with Gasteiger partial charge in [0, 0.05) is 17.8 Å². The molecule has 1 aromatic heterocycles. The number of aliphatic carboxylic acids is 1. The van der Waals surface area contributed by atoms with E-state index < -0.39 is 18.8 Å². The Morgan fingerprint density at radius 2 is 2.25 bits per heavy atom. The lowest BCUT2D eigenvalue weighted by atomic mass is 10.1. The lowest BCUT2D eigenvalue weighted by Crippen LogP contribution is -2.11. The highest BCUT2D eigenvalue weighted by Crippen LogP contribution is 2.24. The molecule has 0 aliphatic carbocycles. The van der Waals surface area contributed by atoms with Crippen molar-refractivity contribution in [2.24, 2.45) is 5.73 Å². The predicted molar refractivity (Wildman–Crippen MR) is 53.2 cm³/mol. The van der Waals surface area contributed by atoms with Gasteiger partial charge in [-0.15, -0.1) is 0 Å². The van der Waals surface area contributed by atoms with E-state index in [1.807, 2.05) is 0 Å². The van der Waals surface area contributed by atoms with E-state index in [4.69, 9.17) is 10.8 Å². The fourth-order valence-corrected chi connectivity index (χ4v) is 1.39. The third-order valence-corrected chi connectivity index (χ3v) is 2.20. The SMILES string of the molecule is Cc1nc(CC(=O)O)c(C(F)F)cc1CN. The molecule has 6 heteroatoms. The average molecular weight is 230 g/mol. The summed E-state index contributed by atoms with van der Waals surface area (Å²) < 4.78 is 25.3. The Hall–Kier alpha value is -1.56. The van der Waals surface area contributed by atoms with Crippen molar-refractivity contribution in [3.8, 4) is 0 Å². The van der Waals surface area contributed by atoms with Gasteiger partial charge in [-0.05, 0) is 18.6 Å². The largest absolute Gasteiger partial charge is 0.481 e. The van der Waals surface area contributed by atoms with Crippen molar-refractivity contribution in [2.45, 2.75) is 26.3 Å². The molecule has 0 unspecified atom stereocenters. The number of nitrogens with zero attached hydrogens (tertiary/aromatic N) is 1. The molecule has 0 radical (unpaired) electrons. The summed E-state index contributed by atoms with van der Waals surface area (Å²) in [6.07, 6.45) is -3.25. The van der Waals surface area contributed by atoms with Gasteiger partial charge >= 0.3 is 5.97 Å². The number of pyridine rings is 1. The van der Waals surface area contributed by atoms with Gasteiger partial charge in [-0.3, -0.25) is 9.78 Å². The van der Waals surface area contributed by atoms with Crippen LogP contribution < -0.4 is 5.73 Å². The molecule has 0 atom stereocenters. The van der Waals surface area contributed by atoms with Crippen LogP contribution in [0, 0.1) is 6.92 Å². The van der Waals surface area contributed by atoms with Crippen LogP contribution in [0.4, 0.5) is 8.78 Å². The quantitative estimate of drug-likeness (QED) is 0.820. The van der Waals surface area contributed by atoms with Gasteiger partial charge in [0.1, 0.15) is 0 Å². The lowest BCUT2D eigenvalue weighted by molar-refractivity contribution is -0.136. The summed E-state index contributed by atoms with van der Waals surface area (Å²) in [5, 5.41) is 8.58. The van der Waals surface area contributed by atoms with Gasteiger partial charge in [0.15, 0.2) is 0 Å². The van der Waals surface area contributed by atoms with Crippen LogP contribution >= 0.6 is 0 Å². The molecular formula is C10H12F2N2O2. The molecule has 0 saturated carbocycles. The van der Waals surface area contributed by atoms with Gasteiger partial charge in [0.2, 0.25) is 0 Å². The first-order valence-electron chi connectivity index (χ1n) is 4.65. The van der Waals surface area contributed by atoms with Crippen LogP contribution in [0.25, 0.3) is 0 Å². The fourth-order valence-electron chi connectivity index (χ4n) is 1.39. The summed E-state index contributed by atoms with van der Waals surface area (Å²) in [5.74, 6) is -1.19. The number of nitrogens with two attached hydrogens (primary N) is 1. The molecule has 4 nitrogen and oxygen atoms in total. The molecule has 0 fully saturated rings. The molecular weight excluding hydrogens is 218 g/mol. The molecule has 88 valence electrons. The molecule has 1 heterocycles. The number of rotatable bonds is 4. The zero-order chi connectivity index (χ0) is 12.3. The Morgan fingerprint density at radius 3 is 2.69 bits per heavy atom. The summed E-state index contributed by atoms with van der Waals surface area (Å²) in [4.78, 5) is 14.4. The monoisotopic (exact) mass is 230 g/mol. The molecule has 1 aromatic rings. The number of hydrogen-bond donors (Lipinski definition) is 2. The minimum atomic E-state index is -2.74. The zero-order valence-corrected chi connectivity index (χ0v) is 8.70. The summed E-state index contributed by atoms with van der Waals surface area (Å²) in [5.41, 5.74) is 5.91. The van der Waals surface area contributed by atoms with Crippen molar-refractivity contribution in [3.05, 3.63) is 28.6 Å². The lowest BCUT2D eigenvalue weighted by Gasteiger charge is -2.10. The highest BCUT2D eigenvalue weighted by molar-refractivity contribution is 5.70. The number of carbonyl (C=O) groups is 1. The average Bonchev–Trinajstić information content (AvgIpc) is 2.16. The normalized spacial score (nSPS) is 10.8. The number of carboxylic acid groups (broad SMARTS) is 1. The summed E-state index contributed by atoms with van der Waals surface area (Å²) in [6.45, 7) is 1.72. The third kappa shape index (κ3) is 2.73. The van der Waals surface area contributed by atoms with E-state index in [2.05, 4.69) is 4.98 Å². The minimum absolute atomic E-state index is 0.0998. The molecule has 0 amide bonds. The molecule has 0 bridgehead atoms. The van der Waals surface area contributed by atoms with Crippen LogP contribution in [0.5, 0.6) is 0 Å². The van der Waals surface area contributed by atoms with Crippen molar-refractivity contribution in [1.29, 1.82) is 0 Å². The second-order valence-corrected chi connectivity index (χ2v) is 3.34. The maximum Gasteiger partial charge on any atom is 0.309 e. The molecule has 0 aliphatic heterocycles. The van der Waals surface area contributed by atoms with E-state index in [9.17, 15) is 13.6 Å². The van der Waals surface area contributed by atoms with E-state index in [1.165, 1.54) is 6.07 Å². The van der Waals surface area contributed by atoms with Crippen LogP contribution in [0.15, 0.2) is 6.07 Å². The zero-order valence-electron chi connectivity index (χ0n) is 8.70. The summed E-state index contributed by atoms with van der Waals surface area (Å²) in [7, 11) is 0. The molecule has 0 saturated heterocycles. The van der Waals surface area contributed by atoms with Gasteiger partial charge in [-0.2, -0.15) is 0 Å². The second-order valence-electron chi connectivity index (χ2n) is 3.34. The smallest absolute Gasteiger partial charge is 0.309 e. The fraction of sp³-hybridized carbons (Fsp3) is 0.400. The number of alkyl halides is 2. The number of aromatic nitrogens is 1. The van der Waals surface area contributed by atoms with Gasteiger partial charge < -0.3 is 10.8 Å². The van der Waals surface area contributed by atoms with Crippen molar-refractivity contribution >= 4 is 5.97 Å². The van der Waals surface area contributed by atoms with E-state index in [0.717, 1.165) is 0 Å².